The first kappa shape index (κ1) is 15.1. The minimum Gasteiger partial charge on any atom is -0.366 e. The summed E-state index contributed by atoms with van der Waals surface area (Å²) in [5, 5.41) is 4.05. The summed E-state index contributed by atoms with van der Waals surface area (Å²) in [5.41, 5.74) is 3.31. The second-order valence-corrected chi connectivity index (χ2v) is 6.25. The summed E-state index contributed by atoms with van der Waals surface area (Å²) in [6, 6.07) is 6.27. The van der Waals surface area contributed by atoms with Crippen molar-refractivity contribution >= 4 is 23.2 Å². The molecular weight excluding hydrogens is 296 g/mol. The van der Waals surface area contributed by atoms with E-state index in [0.29, 0.717) is 5.02 Å². The van der Waals surface area contributed by atoms with E-state index in [4.69, 9.17) is 11.6 Å². The summed E-state index contributed by atoms with van der Waals surface area (Å²) < 4.78 is 0. The van der Waals surface area contributed by atoms with Crippen LogP contribution in [-0.4, -0.2) is 23.1 Å². The van der Waals surface area contributed by atoms with Gasteiger partial charge in [-0.15, -0.1) is 0 Å². The number of halogens is 1. The molecule has 0 atom stereocenters. The molecule has 0 aliphatic carbocycles. The van der Waals surface area contributed by atoms with E-state index in [1.165, 1.54) is 18.4 Å². The van der Waals surface area contributed by atoms with Gasteiger partial charge in [0.1, 0.15) is 11.6 Å². The fourth-order valence-electron chi connectivity index (χ4n) is 2.76. The van der Waals surface area contributed by atoms with Crippen LogP contribution in [0.15, 0.2) is 24.4 Å². The molecule has 1 N–H and O–H groups in total. The van der Waals surface area contributed by atoms with E-state index in [1.807, 2.05) is 19.9 Å². The highest BCUT2D eigenvalue weighted by Gasteiger charge is 2.14. The van der Waals surface area contributed by atoms with E-state index in [9.17, 15) is 0 Å². The summed E-state index contributed by atoms with van der Waals surface area (Å²) in [5.74, 6) is 1.94. The monoisotopic (exact) mass is 316 g/mol. The zero-order chi connectivity index (χ0) is 15.5. The van der Waals surface area contributed by atoms with E-state index < -0.39 is 0 Å². The Hall–Kier alpha value is -1.81. The molecule has 5 heteroatoms. The van der Waals surface area contributed by atoms with Gasteiger partial charge in [-0.2, -0.15) is 0 Å². The Morgan fingerprint density at radius 2 is 1.95 bits per heavy atom. The molecule has 1 saturated heterocycles. The number of aromatic nitrogens is 2. The molecule has 0 aromatic carbocycles. The highest BCUT2D eigenvalue weighted by molar-refractivity contribution is 6.31. The second-order valence-electron chi connectivity index (χ2n) is 5.84. The fourth-order valence-corrected chi connectivity index (χ4v) is 2.86. The van der Waals surface area contributed by atoms with Gasteiger partial charge in [0.05, 0.1) is 5.02 Å². The van der Waals surface area contributed by atoms with Crippen molar-refractivity contribution in [1.29, 1.82) is 0 Å². The van der Waals surface area contributed by atoms with E-state index in [-0.39, 0.29) is 0 Å². The summed E-state index contributed by atoms with van der Waals surface area (Å²) in [6.07, 6.45) is 4.21. The number of hydrogen-bond acceptors (Lipinski definition) is 4. The first-order valence-corrected chi connectivity index (χ1v) is 8.08. The first-order valence-electron chi connectivity index (χ1n) is 7.70. The standard InChI is InChI=1S/C17H21ClN4/c1-12-7-16(20-11-15(12)18)19-10-14-8-13(2)21-17(9-14)22-5-3-4-6-22/h7-9,11H,3-6,10H2,1-2H3,(H,19,20). The van der Waals surface area contributed by atoms with Crippen LogP contribution in [0.25, 0.3) is 0 Å². The minimum atomic E-state index is 0.696. The van der Waals surface area contributed by atoms with Crippen LogP contribution in [0.4, 0.5) is 11.6 Å². The molecule has 1 aliphatic heterocycles. The average Bonchev–Trinajstić information content (AvgIpc) is 3.02. The molecule has 1 aliphatic rings. The Labute approximate surface area is 136 Å². The predicted molar refractivity (Wildman–Crippen MR) is 91.7 cm³/mol. The average molecular weight is 317 g/mol. The Morgan fingerprint density at radius 3 is 2.68 bits per heavy atom. The molecule has 0 amide bonds. The van der Waals surface area contributed by atoms with Gasteiger partial charge in [-0.3, -0.25) is 0 Å². The van der Waals surface area contributed by atoms with Crippen molar-refractivity contribution in [2.45, 2.75) is 33.2 Å². The van der Waals surface area contributed by atoms with Crippen LogP contribution in [0.5, 0.6) is 0 Å². The Bertz CT molecular complexity index is 666. The van der Waals surface area contributed by atoms with Crippen LogP contribution in [0.2, 0.25) is 5.02 Å². The molecule has 0 bridgehead atoms. The summed E-state index contributed by atoms with van der Waals surface area (Å²) >= 11 is 6.01. The lowest BCUT2D eigenvalue weighted by Gasteiger charge is -2.18. The molecule has 4 nitrogen and oxygen atoms in total. The molecule has 2 aromatic heterocycles. The van der Waals surface area contributed by atoms with Gasteiger partial charge in [0, 0.05) is 31.5 Å². The van der Waals surface area contributed by atoms with E-state index in [0.717, 1.165) is 42.5 Å². The molecule has 3 rings (SSSR count). The second kappa shape index (κ2) is 6.53. The number of rotatable bonds is 4. The molecule has 0 spiro atoms. The van der Waals surface area contributed by atoms with Crippen molar-refractivity contribution in [2.24, 2.45) is 0 Å². The highest BCUT2D eigenvalue weighted by Crippen LogP contribution is 2.21. The first-order chi connectivity index (χ1) is 10.6. The molecule has 2 aromatic rings. The van der Waals surface area contributed by atoms with E-state index in [2.05, 4.69) is 32.3 Å². The van der Waals surface area contributed by atoms with Crippen molar-refractivity contribution < 1.29 is 0 Å². The van der Waals surface area contributed by atoms with Crippen LogP contribution in [0.1, 0.15) is 29.7 Å². The molecule has 22 heavy (non-hydrogen) atoms. The number of hydrogen-bond donors (Lipinski definition) is 1. The normalized spacial score (nSPS) is 14.4. The van der Waals surface area contributed by atoms with Gasteiger partial charge >= 0.3 is 0 Å². The van der Waals surface area contributed by atoms with Gasteiger partial charge in [0.25, 0.3) is 0 Å². The van der Waals surface area contributed by atoms with Crippen LogP contribution in [0, 0.1) is 13.8 Å². The molecule has 3 heterocycles. The summed E-state index contributed by atoms with van der Waals surface area (Å²) in [4.78, 5) is 11.3. The van der Waals surface area contributed by atoms with Crippen molar-refractivity contribution in [2.75, 3.05) is 23.3 Å². The maximum atomic E-state index is 6.01. The molecular formula is C17H21ClN4. The van der Waals surface area contributed by atoms with E-state index >= 15 is 0 Å². The van der Waals surface area contributed by atoms with Crippen molar-refractivity contribution in [1.82, 2.24) is 9.97 Å². The lowest BCUT2D eigenvalue weighted by atomic mass is 10.2. The third-order valence-corrected chi connectivity index (χ3v) is 4.35. The molecule has 0 unspecified atom stereocenters. The van der Waals surface area contributed by atoms with Crippen molar-refractivity contribution in [3.05, 3.63) is 46.2 Å². The number of aryl methyl sites for hydroxylation is 2. The Kier molecular flexibility index (Phi) is 4.48. The lowest BCUT2D eigenvalue weighted by Crippen LogP contribution is -2.19. The number of pyridine rings is 2. The Morgan fingerprint density at radius 1 is 1.18 bits per heavy atom. The minimum absolute atomic E-state index is 0.696. The SMILES string of the molecule is Cc1cc(CNc2cc(C)c(Cl)cn2)cc(N2CCCC2)n1. The molecule has 1 fully saturated rings. The van der Waals surface area contributed by atoms with Crippen LogP contribution < -0.4 is 10.2 Å². The largest absolute Gasteiger partial charge is 0.366 e. The quantitative estimate of drug-likeness (QED) is 0.927. The smallest absolute Gasteiger partial charge is 0.129 e. The van der Waals surface area contributed by atoms with Gasteiger partial charge in [-0.25, -0.2) is 9.97 Å². The third-order valence-electron chi connectivity index (χ3n) is 3.95. The third kappa shape index (κ3) is 3.50. The number of nitrogens with one attached hydrogen (secondary N) is 1. The van der Waals surface area contributed by atoms with Gasteiger partial charge in [0.15, 0.2) is 0 Å². The number of anilines is 2. The Balaban J connectivity index is 1.72. The molecule has 0 radical (unpaired) electrons. The van der Waals surface area contributed by atoms with Gasteiger partial charge in [0.2, 0.25) is 0 Å². The van der Waals surface area contributed by atoms with Crippen molar-refractivity contribution in [3.63, 3.8) is 0 Å². The topological polar surface area (TPSA) is 41.1 Å². The maximum absolute atomic E-state index is 6.01. The summed E-state index contributed by atoms with van der Waals surface area (Å²) in [7, 11) is 0. The van der Waals surface area contributed by atoms with Crippen molar-refractivity contribution in [3.8, 4) is 0 Å². The predicted octanol–water partition coefficient (Wildman–Crippen LogP) is 3.96. The molecule has 0 saturated carbocycles. The van der Waals surface area contributed by atoms with E-state index in [1.54, 1.807) is 6.20 Å². The zero-order valence-corrected chi connectivity index (χ0v) is 13.8. The highest BCUT2D eigenvalue weighted by atomic mass is 35.5. The summed E-state index contributed by atoms with van der Waals surface area (Å²) in [6.45, 7) is 6.99. The fraction of sp³-hybridized carbons (Fsp3) is 0.412. The van der Waals surface area contributed by atoms with Gasteiger partial charge in [-0.1, -0.05) is 11.6 Å². The zero-order valence-electron chi connectivity index (χ0n) is 13.1. The van der Waals surface area contributed by atoms with Gasteiger partial charge in [-0.05, 0) is 56.0 Å². The van der Waals surface area contributed by atoms with Crippen LogP contribution in [-0.2, 0) is 6.54 Å². The number of nitrogens with zero attached hydrogens (tertiary/aromatic N) is 3. The van der Waals surface area contributed by atoms with Crippen LogP contribution in [0.3, 0.4) is 0 Å². The maximum Gasteiger partial charge on any atom is 0.129 e. The van der Waals surface area contributed by atoms with Gasteiger partial charge < -0.3 is 10.2 Å². The van der Waals surface area contributed by atoms with Crippen LogP contribution >= 0.6 is 11.6 Å². The lowest BCUT2D eigenvalue weighted by molar-refractivity contribution is 0.921. The molecule has 116 valence electrons.